The zero-order valence-corrected chi connectivity index (χ0v) is 9.14. The normalized spacial score (nSPS) is 10.6. The second kappa shape index (κ2) is 5.00. The average molecular weight is 221 g/mol. The number of halogens is 3. The van der Waals surface area contributed by atoms with Gasteiger partial charge in [-0.05, 0) is 6.92 Å². The Bertz CT molecular complexity index is 379. The van der Waals surface area contributed by atoms with Crippen molar-refractivity contribution in [2.45, 2.75) is 26.9 Å². The number of nitrogens with zero attached hydrogens (tertiary/aromatic N) is 1. The van der Waals surface area contributed by atoms with Crippen molar-refractivity contribution in [2.75, 3.05) is 0 Å². The molecule has 1 rings (SSSR count). The van der Waals surface area contributed by atoms with Gasteiger partial charge in [0.25, 0.3) is 0 Å². The predicted molar refractivity (Wildman–Crippen MR) is 52.8 cm³/mol. The van der Waals surface area contributed by atoms with E-state index in [-0.39, 0.29) is 0 Å². The van der Waals surface area contributed by atoms with Crippen LogP contribution in [0.2, 0.25) is 0 Å². The van der Waals surface area contributed by atoms with E-state index in [1.54, 1.807) is 0 Å². The lowest BCUT2D eigenvalue weighted by Gasteiger charge is -2.11. The zero-order chi connectivity index (χ0) is 12.2. The van der Waals surface area contributed by atoms with Crippen molar-refractivity contribution >= 4 is 0 Å². The topological polar surface area (TPSA) is 22.0 Å². The molecule has 0 unspecified atom stereocenters. The van der Waals surface area contributed by atoms with Crippen molar-refractivity contribution in [1.82, 2.24) is 4.57 Å². The van der Waals surface area contributed by atoms with Crippen LogP contribution in [-0.4, -0.2) is 4.57 Å². The van der Waals surface area contributed by atoms with Crippen LogP contribution < -0.4 is 5.43 Å². The van der Waals surface area contributed by atoms with Crippen molar-refractivity contribution in [3.05, 3.63) is 33.7 Å². The molecule has 1 heterocycles. The molecular weight excluding hydrogens is 207 g/mol. The van der Waals surface area contributed by atoms with Crippen LogP contribution in [0, 0.1) is 6.92 Å². The molecular formula is C10H14F3NO. The van der Waals surface area contributed by atoms with Crippen molar-refractivity contribution in [2.24, 2.45) is 7.05 Å². The smallest absolute Gasteiger partial charge is 0.347 e. The van der Waals surface area contributed by atoms with E-state index in [0.29, 0.717) is 11.6 Å². The molecule has 5 heteroatoms. The van der Waals surface area contributed by atoms with Gasteiger partial charge in [-0.2, -0.15) is 13.2 Å². The molecule has 86 valence electrons. The molecule has 0 saturated carbocycles. The van der Waals surface area contributed by atoms with Gasteiger partial charge in [-0.3, -0.25) is 4.79 Å². The highest BCUT2D eigenvalue weighted by molar-refractivity contribution is 5.16. The lowest BCUT2D eigenvalue weighted by atomic mass is 10.2. The largest absolute Gasteiger partial charge is 0.431 e. The van der Waals surface area contributed by atoms with Gasteiger partial charge in [0.2, 0.25) is 0 Å². The van der Waals surface area contributed by atoms with Crippen LogP contribution in [0.25, 0.3) is 0 Å². The molecule has 0 saturated heterocycles. The Kier molecular flexibility index (Phi) is 4.58. The quantitative estimate of drug-likeness (QED) is 0.660. The maximum absolute atomic E-state index is 12.2. The third-order valence-corrected chi connectivity index (χ3v) is 1.71. The average Bonchev–Trinajstić information content (AvgIpc) is 2.13. The Hall–Kier alpha value is -1.26. The Balaban J connectivity index is 0.000000921. The fraction of sp³-hybridized carbons (Fsp3) is 0.500. The molecule has 1 aromatic rings. The summed E-state index contributed by atoms with van der Waals surface area (Å²) in [4.78, 5) is 10.9. The van der Waals surface area contributed by atoms with Crippen LogP contribution in [0.5, 0.6) is 0 Å². The molecule has 0 fully saturated rings. The van der Waals surface area contributed by atoms with E-state index in [0.717, 1.165) is 4.57 Å². The monoisotopic (exact) mass is 221 g/mol. The van der Waals surface area contributed by atoms with Gasteiger partial charge in [0.15, 0.2) is 5.43 Å². The summed E-state index contributed by atoms with van der Waals surface area (Å²) in [6, 6.07) is 0.606. The van der Waals surface area contributed by atoms with Gasteiger partial charge in [-0.15, -0.1) is 0 Å². The van der Waals surface area contributed by atoms with E-state index in [1.165, 1.54) is 20.2 Å². The minimum absolute atomic E-state index is 0.301. The number of alkyl halides is 3. The molecule has 0 radical (unpaired) electrons. The van der Waals surface area contributed by atoms with Crippen molar-refractivity contribution in [1.29, 1.82) is 0 Å². The van der Waals surface area contributed by atoms with Crippen LogP contribution >= 0.6 is 0 Å². The van der Waals surface area contributed by atoms with E-state index in [1.807, 2.05) is 13.8 Å². The molecule has 2 nitrogen and oxygen atoms in total. The third kappa shape index (κ3) is 3.42. The summed E-state index contributed by atoms with van der Waals surface area (Å²) in [5, 5.41) is 0. The van der Waals surface area contributed by atoms with E-state index in [2.05, 4.69) is 0 Å². The SMILES string of the molecule is CC.Cc1cn(C)c(C(F)(F)F)cc1=O. The van der Waals surface area contributed by atoms with Gasteiger partial charge < -0.3 is 4.57 Å². The van der Waals surface area contributed by atoms with Gasteiger partial charge >= 0.3 is 6.18 Å². The molecule has 0 spiro atoms. The molecule has 0 N–H and O–H groups in total. The lowest BCUT2D eigenvalue weighted by molar-refractivity contribution is -0.143. The van der Waals surface area contributed by atoms with Gasteiger partial charge in [0.1, 0.15) is 5.69 Å². The molecule has 0 aromatic carbocycles. The van der Waals surface area contributed by atoms with Crippen LogP contribution in [0.3, 0.4) is 0 Å². The van der Waals surface area contributed by atoms with Crippen molar-refractivity contribution in [3.8, 4) is 0 Å². The fourth-order valence-electron chi connectivity index (χ4n) is 1.05. The summed E-state index contributed by atoms with van der Waals surface area (Å²) in [5.74, 6) is 0. The second-order valence-electron chi connectivity index (χ2n) is 2.81. The van der Waals surface area contributed by atoms with Crippen LogP contribution in [0.1, 0.15) is 25.1 Å². The Morgan fingerprint density at radius 1 is 1.27 bits per heavy atom. The van der Waals surface area contributed by atoms with E-state index in [4.69, 9.17) is 0 Å². The van der Waals surface area contributed by atoms with Gasteiger partial charge in [-0.25, -0.2) is 0 Å². The first-order valence-corrected chi connectivity index (χ1v) is 4.57. The zero-order valence-electron chi connectivity index (χ0n) is 9.14. The molecule has 0 amide bonds. The van der Waals surface area contributed by atoms with E-state index < -0.39 is 17.3 Å². The number of pyridine rings is 1. The molecule has 0 aliphatic rings. The number of aromatic nitrogens is 1. The Morgan fingerprint density at radius 2 is 1.73 bits per heavy atom. The highest BCUT2D eigenvalue weighted by Crippen LogP contribution is 2.27. The summed E-state index contributed by atoms with van der Waals surface area (Å²) in [7, 11) is 1.26. The standard InChI is InChI=1S/C8H8F3NO.C2H6/c1-5-4-12(2)7(3-6(5)13)8(9,10)11;1-2/h3-4H,1-2H3;1-2H3. The highest BCUT2D eigenvalue weighted by atomic mass is 19.4. The maximum Gasteiger partial charge on any atom is 0.431 e. The number of hydrogen-bond acceptors (Lipinski definition) is 1. The maximum atomic E-state index is 12.2. The fourth-order valence-corrected chi connectivity index (χ4v) is 1.05. The molecule has 0 aliphatic heterocycles. The Morgan fingerprint density at radius 3 is 2.13 bits per heavy atom. The number of aryl methyl sites for hydroxylation is 2. The molecule has 0 bridgehead atoms. The molecule has 15 heavy (non-hydrogen) atoms. The van der Waals surface area contributed by atoms with E-state index in [9.17, 15) is 18.0 Å². The van der Waals surface area contributed by atoms with Gasteiger partial charge in [-0.1, -0.05) is 13.8 Å². The summed E-state index contributed by atoms with van der Waals surface area (Å²) in [6.45, 7) is 5.47. The van der Waals surface area contributed by atoms with Crippen LogP contribution in [-0.2, 0) is 13.2 Å². The predicted octanol–water partition coefficient (Wildman–Crippen LogP) is 2.74. The molecule has 1 aromatic heterocycles. The van der Waals surface area contributed by atoms with E-state index >= 15 is 0 Å². The lowest BCUT2D eigenvalue weighted by Crippen LogP contribution is -2.19. The van der Waals surface area contributed by atoms with Crippen LogP contribution in [0.15, 0.2) is 17.1 Å². The van der Waals surface area contributed by atoms with Crippen LogP contribution in [0.4, 0.5) is 13.2 Å². The first kappa shape index (κ1) is 13.7. The number of rotatable bonds is 0. The summed E-state index contributed by atoms with van der Waals surface area (Å²) < 4.78 is 37.5. The summed E-state index contributed by atoms with van der Waals surface area (Å²) in [5.41, 5.74) is -1.22. The van der Waals surface area contributed by atoms with Crippen molar-refractivity contribution < 1.29 is 13.2 Å². The van der Waals surface area contributed by atoms with Gasteiger partial charge in [0, 0.05) is 24.9 Å². The minimum atomic E-state index is -4.47. The molecule has 0 atom stereocenters. The first-order valence-electron chi connectivity index (χ1n) is 4.57. The molecule has 0 aliphatic carbocycles. The second-order valence-corrected chi connectivity index (χ2v) is 2.81. The number of hydrogen-bond donors (Lipinski definition) is 0. The highest BCUT2D eigenvalue weighted by Gasteiger charge is 2.33. The first-order chi connectivity index (χ1) is 6.82. The summed E-state index contributed by atoms with van der Waals surface area (Å²) >= 11 is 0. The Labute approximate surface area is 86.3 Å². The third-order valence-electron chi connectivity index (χ3n) is 1.71. The minimum Gasteiger partial charge on any atom is -0.347 e. The van der Waals surface area contributed by atoms with Gasteiger partial charge in [0.05, 0.1) is 0 Å². The van der Waals surface area contributed by atoms with Crippen molar-refractivity contribution in [3.63, 3.8) is 0 Å². The summed E-state index contributed by atoms with van der Waals surface area (Å²) in [6.07, 6.45) is -3.30.